The number of nitrogens with one attached hydrogen (secondary N) is 2. The molecule has 12 heteroatoms. The summed E-state index contributed by atoms with van der Waals surface area (Å²) in [6.07, 6.45) is 5.86. The minimum absolute atomic E-state index is 0.136. The molecule has 4 aromatic rings. The van der Waals surface area contributed by atoms with Crippen LogP contribution in [0.4, 0.5) is 5.69 Å². The Labute approximate surface area is 272 Å². The number of aromatic nitrogens is 3. The summed E-state index contributed by atoms with van der Waals surface area (Å²) in [5.41, 5.74) is 3.22. The lowest BCUT2D eigenvalue weighted by molar-refractivity contribution is -0.122. The number of pyridine rings is 1. The van der Waals surface area contributed by atoms with Crippen LogP contribution in [-0.4, -0.2) is 44.7 Å². The Balaban J connectivity index is 1.49. The van der Waals surface area contributed by atoms with Crippen LogP contribution in [0, 0.1) is 11.3 Å². The quantitative estimate of drug-likeness (QED) is 0.182. The number of imidazole rings is 1. The highest BCUT2D eigenvalue weighted by atomic mass is 35.5. The van der Waals surface area contributed by atoms with Gasteiger partial charge in [0.1, 0.15) is 0 Å². The molecule has 0 spiro atoms. The molecule has 44 heavy (non-hydrogen) atoms. The number of thiocarbonyl (C=S) groups is 1. The van der Waals surface area contributed by atoms with Crippen molar-refractivity contribution in [1.82, 2.24) is 25.2 Å². The Morgan fingerprint density at radius 3 is 2.55 bits per heavy atom. The number of halogens is 2. The molecule has 0 fully saturated rings. The number of amides is 1. The number of benzene rings is 2. The van der Waals surface area contributed by atoms with Crippen molar-refractivity contribution in [2.24, 2.45) is 0 Å². The predicted molar refractivity (Wildman–Crippen MR) is 177 cm³/mol. The molecule has 228 valence electrons. The van der Waals surface area contributed by atoms with Crippen molar-refractivity contribution in [1.29, 1.82) is 5.26 Å². The first kappa shape index (κ1) is 32.7. The van der Waals surface area contributed by atoms with Gasteiger partial charge in [-0.05, 0) is 61.0 Å². The normalized spacial score (nSPS) is 12.1. The zero-order chi connectivity index (χ0) is 31.7. The lowest BCUT2D eigenvalue weighted by Gasteiger charge is -2.37. The second kappa shape index (κ2) is 15.0. The number of carbonyl (C=O) groups is 1. The molecule has 1 unspecified atom stereocenters. The highest BCUT2D eigenvalue weighted by Gasteiger charge is 2.30. The average molecular weight is 651 g/mol. The van der Waals surface area contributed by atoms with Crippen molar-refractivity contribution < 1.29 is 9.53 Å². The highest BCUT2D eigenvalue weighted by molar-refractivity contribution is 7.80. The lowest BCUT2D eigenvalue weighted by atomic mass is 9.97. The summed E-state index contributed by atoms with van der Waals surface area (Å²) < 4.78 is 7.07. The van der Waals surface area contributed by atoms with E-state index in [2.05, 4.69) is 26.7 Å². The monoisotopic (exact) mass is 649 g/mol. The maximum atomic E-state index is 13.4. The maximum absolute atomic E-state index is 13.4. The first-order chi connectivity index (χ1) is 21.1. The third-order valence-electron chi connectivity index (χ3n) is 7.22. The minimum atomic E-state index is -0.686. The molecule has 0 bridgehead atoms. The molecule has 0 aliphatic carbocycles. The molecule has 0 aliphatic rings. The third kappa shape index (κ3) is 8.47. The number of anilines is 1. The van der Waals surface area contributed by atoms with Crippen LogP contribution >= 0.6 is 35.4 Å². The summed E-state index contributed by atoms with van der Waals surface area (Å²) in [6.45, 7) is 5.26. The van der Waals surface area contributed by atoms with E-state index in [0.717, 1.165) is 16.8 Å². The fourth-order valence-electron chi connectivity index (χ4n) is 4.53. The molecule has 2 aromatic heterocycles. The van der Waals surface area contributed by atoms with Gasteiger partial charge in [-0.3, -0.25) is 4.79 Å². The fourth-order valence-corrected chi connectivity index (χ4v) is 5.16. The third-order valence-corrected chi connectivity index (χ3v) is 8.40. The summed E-state index contributed by atoms with van der Waals surface area (Å²) in [7, 11) is 1.57. The van der Waals surface area contributed by atoms with Gasteiger partial charge in [-0.1, -0.05) is 54.4 Å². The highest BCUT2D eigenvalue weighted by Crippen LogP contribution is 2.33. The molecular formula is C32H33Cl2N7O2S. The minimum Gasteiger partial charge on any atom is -0.481 e. The van der Waals surface area contributed by atoms with E-state index in [-0.39, 0.29) is 12.3 Å². The topological polar surface area (TPSA) is 108 Å². The van der Waals surface area contributed by atoms with E-state index < -0.39 is 5.54 Å². The van der Waals surface area contributed by atoms with Gasteiger partial charge in [0.15, 0.2) is 5.11 Å². The molecule has 0 aliphatic heterocycles. The maximum Gasteiger partial charge on any atom is 0.226 e. The van der Waals surface area contributed by atoms with Crippen molar-refractivity contribution in [2.75, 3.05) is 18.6 Å². The van der Waals surface area contributed by atoms with Crippen LogP contribution < -0.4 is 20.3 Å². The standard InChI is InChI=1S/C32H33Cl2N7O2S/c1-4-32(2,39-28(42)14-25-18-36-21-40(25)19-23-10-8-22(15-35)9-11-23)20-41(27-7-5-6-26(33)30(27)34)31(44)38-17-24-12-13-29(43-3)37-16-24/h5-13,16,18,21H,4,14,17,19-20H2,1-3H3,(H,38,44)(H,39,42). The van der Waals surface area contributed by atoms with Crippen LogP contribution in [0.1, 0.15) is 42.7 Å². The number of hydrogen-bond acceptors (Lipinski definition) is 6. The average Bonchev–Trinajstić information content (AvgIpc) is 3.46. The number of rotatable bonds is 12. The summed E-state index contributed by atoms with van der Waals surface area (Å²) in [4.78, 5) is 23.8. The van der Waals surface area contributed by atoms with Gasteiger partial charge in [0, 0.05) is 43.8 Å². The van der Waals surface area contributed by atoms with E-state index in [9.17, 15) is 4.79 Å². The van der Waals surface area contributed by atoms with E-state index >= 15 is 0 Å². The molecule has 9 nitrogen and oxygen atoms in total. The van der Waals surface area contributed by atoms with E-state index in [0.29, 0.717) is 58.3 Å². The Kier molecular flexibility index (Phi) is 11.2. The summed E-state index contributed by atoms with van der Waals surface area (Å²) in [5.74, 6) is 0.367. The van der Waals surface area contributed by atoms with Crippen LogP contribution in [0.3, 0.4) is 0 Å². The molecule has 0 saturated heterocycles. The van der Waals surface area contributed by atoms with E-state index in [4.69, 9.17) is 45.4 Å². The lowest BCUT2D eigenvalue weighted by Crippen LogP contribution is -2.56. The largest absolute Gasteiger partial charge is 0.481 e. The van der Waals surface area contributed by atoms with Crippen molar-refractivity contribution in [3.05, 3.63) is 106 Å². The Bertz CT molecular complexity index is 1640. The Hall–Kier alpha value is -4.17. The summed E-state index contributed by atoms with van der Waals surface area (Å²) >= 11 is 18.9. The van der Waals surface area contributed by atoms with Crippen molar-refractivity contribution in [3.8, 4) is 11.9 Å². The predicted octanol–water partition coefficient (Wildman–Crippen LogP) is 5.92. The van der Waals surface area contributed by atoms with Gasteiger partial charge in [-0.25, -0.2) is 9.97 Å². The number of carbonyl (C=O) groups excluding carboxylic acids is 1. The van der Waals surface area contributed by atoms with Crippen molar-refractivity contribution in [2.45, 2.75) is 45.3 Å². The van der Waals surface area contributed by atoms with Gasteiger partial charge in [-0.15, -0.1) is 0 Å². The molecule has 4 rings (SSSR count). The SMILES string of the molecule is CCC(C)(CN(C(=S)NCc1ccc(OC)nc1)c1cccc(Cl)c1Cl)NC(=O)Cc1cncn1Cc1ccc(C#N)cc1. The Morgan fingerprint density at radius 1 is 1.14 bits per heavy atom. The van der Waals surface area contributed by atoms with Crippen LogP contribution in [0.25, 0.3) is 0 Å². The van der Waals surface area contributed by atoms with Crippen LogP contribution in [-0.2, 0) is 24.3 Å². The second-order valence-electron chi connectivity index (χ2n) is 10.5. The first-order valence-electron chi connectivity index (χ1n) is 13.9. The first-order valence-corrected chi connectivity index (χ1v) is 15.1. The fraction of sp³-hybridized carbons (Fsp3) is 0.281. The number of nitrogens with zero attached hydrogens (tertiary/aromatic N) is 5. The van der Waals surface area contributed by atoms with E-state index in [1.165, 1.54) is 0 Å². The number of methoxy groups -OCH3 is 1. The molecule has 0 saturated carbocycles. The summed E-state index contributed by atoms with van der Waals surface area (Å²) in [6, 6.07) is 18.5. The number of ether oxygens (including phenoxy) is 1. The van der Waals surface area contributed by atoms with E-state index in [1.54, 1.807) is 50.1 Å². The van der Waals surface area contributed by atoms with Gasteiger partial charge in [0.05, 0.1) is 52.8 Å². The zero-order valence-corrected chi connectivity index (χ0v) is 27.0. The Morgan fingerprint density at radius 2 is 1.89 bits per heavy atom. The van der Waals surface area contributed by atoms with Gasteiger partial charge in [0.2, 0.25) is 11.8 Å². The molecular weight excluding hydrogens is 617 g/mol. The number of nitriles is 1. The molecule has 2 aromatic carbocycles. The van der Waals surface area contributed by atoms with Gasteiger partial charge in [0.25, 0.3) is 0 Å². The summed E-state index contributed by atoms with van der Waals surface area (Å²) in [5, 5.41) is 16.7. The molecule has 2 heterocycles. The molecule has 0 radical (unpaired) electrons. The van der Waals surface area contributed by atoms with E-state index in [1.807, 2.05) is 53.6 Å². The van der Waals surface area contributed by atoms with Crippen LogP contribution in [0.2, 0.25) is 10.0 Å². The molecule has 2 N–H and O–H groups in total. The zero-order valence-electron chi connectivity index (χ0n) is 24.7. The van der Waals surface area contributed by atoms with Gasteiger partial charge < -0.3 is 24.8 Å². The second-order valence-corrected chi connectivity index (χ2v) is 11.7. The smallest absolute Gasteiger partial charge is 0.226 e. The molecule has 1 atom stereocenters. The van der Waals surface area contributed by atoms with Gasteiger partial charge in [-0.2, -0.15) is 5.26 Å². The van der Waals surface area contributed by atoms with Crippen LogP contribution in [0.5, 0.6) is 5.88 Å². The van der Waals surface area contributed by atoms with Crippen LogP contribution in [0.15, 0.2) is 73.3 Å². The number of hydrogen-bond donors (Lipinski definition) is 2. The van der Waals surface area contributed by atoms with Gasteiger partial charge >= 0.3 is 0 Å². The van der Waals surface area contributed by atoms with Crippen molar-refractivity contribution in [3.63, 3.8) is 0 Å². The molecule has 1 amide bonds. The van der Waals surface area contributed by atoms with Crippen molar-refractivity contribution >= 4 is 52.1 Å².